The van der Waals surface area contributed by atoms with Crippen molar-refractivity contribution >= 4 is 29.0 Å². The molecule has 8 nitrogen and oxygen atoms in total. The molecule has 1 aliphatic rings. The Morgan fingerprint density at radius 3 is 2.89 bits per heavy atom. The number of thioether (sulfide) groups is 1. The summed E-state index contributed by atoms with van der Waals surface area (Å²) < 4.78 is 2.07. The molecule has 5 rings (SSSR count). The van der Waals surface area contributed by atoms with E-state index in [0.717, 1.165) is 45.8 Å². The lowest BCUT2D eigenvalue weighted by Gasteiger charge is -2.33. The highest BCUT2D eigenvalue weighted by atomic mass is 32.2. The van der Waals surface area contributed by atoms with Crippen molar-refractivity contribution in [1.82, 2.24) is 34.9 Å². The van der Waals surface area contributed by atoms with Crippen LogP contribution in [0, 0.1) is 6.92 Å². The minimum atomic E-state index is -0.105. The van der Waals surface area contributed by atoms with Crippen LogP contribution in [0.15, 0.2) is 59.3 Å². The van der Waals surface area contributed by atoms with Crippen LogP contribution in [0.2, 0.25) is 0 Å². The third-order valence-electron chi connectivity index (χ3n) is 6.87. The van der Waals surface area contributed by atoms with Crippen LogP contribution in [0.1, 0.15) is 53.7 Å². The maximum Gasteiger partial charge on any atom is 0.270 e. The van der Waals surface area contributed by atoms with Gasteiger partial charge in [-0.25, -0.2) is 4.98 Å². The number of carbonyl (C=O) groups is 1. The summed E-state index contributed by atoms with van der Waals surface area (Å²) in [4.78, 5) is 24.1. The number of hydrogen-bond donors (Lipinski definition) is 1. The molecule has 4 heterocycles. The molecule has 0 bridgehead atoms. The van der Waals surface area contributed by atoms with E-state index in [9.17, 15) is 4.79 Å². The van der Waals surface area contributed by atoms with Crippen molar-refractivity contribution in [2.24, 2.45) is 0 Å². The van der Waals surface area contributed by atoms with Gasteiger partial charge >= 0.3 is 0 Å². The first-order valence-electron chi connectivity index (χ1n) is 13.1. The van der Waals surface area contributed by atoms with Gasteiger partial charge in [0.15, 0.2) is 11.0 Å². The highest BCUT2D eigenvalue weighted by molar-refractivity contribution is 7.98. The van der Waals surface area contributed by atoms with E-state index in [4.69, 9.17) is 0 Å². The molecule has 1 fully saturated rings. The fourth-order valence-electron chi connectivity index (χ4n) is 4.75. The molecule has 1 saturated heterocycles. The number of thiazole rings is 1. The Hall–Kier alpha value is -3.08. The molecule has 10 heteroatoms. The molecule has 198 valence electrons. The summed E-state index contributed by atoms with van der Waals surface area (Å²) in [5.74, 6) is 1.24. The largest absolute Gasteiger partial charge is 0.351 e. The van der Waals surface area contributed by atoms with E-state index in [-0.39, 0.29) is 5.91 Å². The highest BCUT2D eigenvalue weighted by Gasteiger charge is 2.20. The molecule has 4 aromatic rings. The molecule has 38 heavy (non-hydrogen) atoms. The summed E-state index contributed by atoms with van der Waals surface area (Å²) >= 11 is 3.06. The van der Waals surface area contributed by atoms with Crippen LogP contribution in [0.4, 0.5) is 0 Å². The van der Waals surface area contributed by atoms with Gasteiger partial charge in [-0.05, 0) is 63.4 Å². The van der Waals surface area contributed by atoms with Crippen LogP contribution in [-0.2, 0) is 5.75 Å². The van der Waals surface area contributed by atoms with Crippen molar-refractivity contribution < 1.29 is 4.79 Å². The molecule has 1 amide bonds. The van der Waals surface area contributed by atoms with E-state index in [0.29, 0.717) is 24.0 Å². The van der Waals surface area contributed by atoms with E-state index < -0.39 is 0 Å². The Morgan fingerprint density at radius 2 is 2.08 bits per heavy atom. The summed E-state index contributed by atoms with van der Waals surface area (Å²) in [6.07, 6.45) is 8.39. The fourth-order valence-corrected chi connectivity index (χ4v) is 6.49. The summed E-state index contributed by atoms with van der Waals surface area (Å²) in [6.45, 7) is 7.25. The number of aryl methyl sites for hydroxylation is 1. The minimum absolute atomic E-state index is 0.105. The predicted molar refractivity (Wildman–Crippen MR) is 153 cm³/mol. The van der Waals surface area contributed by atoms with Gasteiger partial charge < -0.3 is 10.2 Å². The van der Waals surface area contributed by atoms with Crippen LogP contribution < -0.4 is 5.32 Å². The number of benzene rings is 1. The van der Waals surface area contributed by atoms with Gasteiger partial charge in [0.25, 0.3) is 5.91 Å². The van der Waals surface area contributed by atoms with Gasteiger partial charge in [0, 0.05) is 42.5 Å². The van der Waals surface area contributed by atoms with Crippen molar-refractivity contribution in [2.75, 3.05) is 19.6 Å². The first kappa shape index (κ1) is 26.5. The van der Waals surface area contributed by atoms with Crippen LogP contribution in [0.5, 0.6) is 0 Å². The van der Waals surface area contributed by atoms with Crippen LogP contribution in [0.3, 0.4) is 0 Å². The standard InChI is InChI=1S/C28H33N7OS2/c1-20-9-3-4-12-24(20)35-26(22-11-7-13-29-17-22)32-33-28(35)38-19-25-31-23(18-37-25)27(36)30-14-8-16-34-15-6-5-10-21(34)2/h3-4,7,9,11-13,17-18,21H,5-6,8,10,14-16,19H2,1-2H3,(H,30,36). The molecular formula is C28H33N7OS2. The van der Waals surface area contributed by atoms with Gasteiger partial charge in [0.2, 0.25) is 0 Å². The predicted octanol–water partition coefficient (Wildman–Crippen LogP) is 5.38. The van der Waals surface area contributed by atoms with Crippen molar-refractivity contribution in [3.8, 4) is 17.1 Å². The van der Waals surface area contributed by atoms with Gasteiger partial charge in [0.1, 0.15) is 10.7 Å². The maximum absolute atomic E-state index is 12.7. The van der Waals surface area contributed by atoms with Gasteiger partial charge in [-0.2, -0.15) is 0 Å². The molecule has 0 spiro atoms. The molecule has 0 aliphatic carbocycles. The third kappa shape index (κ3) is 6.31. The van der Waals surface area contributed by atoms with E-state index in [1.165, 1.54) is 37.1 Å². The average molecular weight is 548 g/mol. The summed E-state index contributed by atoms with van der Waals surface area (Å²) in [6, 6.07) is 12.7. The second-order valence-corrected chi connectivity index (χ2v) is 11.5. The van der Waals surface area contributed by atoms with E-state index in [1.54, 1.807) is 24.2 Å². The SMILES string of the molecule is Cc1ccccc1-n1c(SCc2nc(C(=O)NCCCN3CCCCC3C)cs2)nnc1-c1cccnc1. The molecule has 0 saturated carbocycles. The Morgan fingerprint density at radius 1 is 1.18 bits per heavy atom. The quantitative estimate of drug-likeness (QED) is 0.211. The summed E-state index contributed by atoms with van der Waals surface area (Å²) in [5.41, 5.74) is 3.53. The first-order valence-corrected chi connectivity index (χ1v) is 15.0. The number of rotatable bonds is 10. The van der Waals surface area contributed by atoms with Crippen molar-refractivity contribution in [2.45, 2.75) is 56.5 Å². The number of pyridine rings is 1. The Bertz CT molecular complexity index is 1350. The number of carbonyl (C=O) groups excluding carboxylic acids is 1. The number of para-hydroxylation sites is 1. The summed E-state index contributed by atoms with van der Waals surface area (Å²) in [5, 5.41) is 15.5. The van der Waals surface area contributed by atoms with Crippen LogP contribution in [-0.4, -0.2) is 61.2 Å². The summed E-state index contributed by atoms with van der Waals surface area (Å²) in [7, 11) is 0. The van der Waals surface area contributed by atoms with Gasteiger partial charge in [0.05, 0.1) is 11.4 Å². The van der Waals surface area contributed by atoms with Crippen molar-refractivity contribution in [3.63, 3.8) is 0 Å². The average Bonchev–Trinajstić information content (AvgIpc) is 3.59. The smallest absolute Gasteiger partial charge is 0.270 e. The Labute approximate surface area is 231 Å². The number of hydrogen-bond acceptors (Lipinski definition) is 8. The molecule has 1 aromatic carbocycles. The molecule has 0 radical (unpaired) electrons. The lowest BCUT2D eigenvalue weighted by Crippen LogP contribution is -2.39. The molecule has 1 unspecified atom stereocenters. The topological polar surface area (TPSA) is 88.8 Å². The van der Waals surface area contributed by atoms with Crippen LogP contribution >= 0.6 is 23.1 Å². The van der Waals surface area contributed by atoms with E-state index in [1.807, 2.05) is 29.6 Å². The third-order valence-corrected chi connectivity index (χ3v) is 8.84. The Balaban J connectivity index is 1.21. The first-order chi connectivity index (χ1) is 18.6. The van der Waals surface area contributed by atoms with Crippen molar-refractivity contribution in [1.29, 1.82) is 0 Å². The van der Waals surface area contributed by atoms with Crippen molar-refractivity contribution in [3.05, 3.63) is 70.4 Å². The molecule has 3 aromatic heterocycles. The van der Waals surface area contributed by atoms with Gasteiger partial charge in [-0.15, -0.1) is 21.5 Å². The maximum atomic E-state index is 12.7. The number of aromatic nitrogens is 5. The zero-order valence-electron chi connectivity index (χ0n) is 21.8. The van der Waals surface area contributed by atoms with E-state index >= 15 is 0 Å². The highest BCUT2D eigenvalue weighted by Crippen LogP contribution is 2.31. The fraction of sp³-hybridized carbons (Fsp3) is 0.393. The van der Waals surface area contributed by atoms with Crippen LogP contribution in [0.25, 0.3) is 17.1 Å². The van der Waals surface area contributed by atoms with Gasteiger partial charge in [-0.3, -0.25) is 14.3 Å². The van der Waals surface area contributed by atoms with Gasteiger partial charge in [-0.1, -0.05) is 36.4 Å². The minimum Gasteiger partial charge on any atom is -0.351 e. The second kappa shape index (κ2) is 12.6. The molecule has 1 aliphatic heterocycles. The number of likely N-dealkylation sites (tertiary alicyclic amines) is 1. The lowest BCUT2D eigenvalue weighted by molar-refractivity contribution is 0.0944. The number of amides is 1. The molecule has 1 atom stereocenters. The molecule has 1 N–H and O–H groups in total. The zero-order valence-corrected chi connectivity index (χ0v) is 23.5. The zero-order chi connectivity index (χ0) is 26.3. The second-order valence-electron chi connectivity index (χ2n) is 9.58. The monoisotopic (exact) mass is 547 g/mol. The Kier molecular flexibility index (Phi) is 8.83. The number of nitrogens with zero attached hydrogens (tertiary/aromatic N) is 6. The number of piperidine rings is 1. The normalized spacial score (nSPS) is 16.0. The van der Waals surface area contributed by atoms with E-state index in [2.05, 4.69) is 60.9 Å². The molecular weight excluding hydrogens is 514 g/mol. The lowest BCUT2D eigenvalue weighted by atomic mass is 10.0. The number of nitrogens with one attached hydrogen (secondary N) is 1.